The molecule has 0 aromatic carbocycles. The van der Waals surface area contributed by atoms with Gasteiger partial charge in [0.05, 0.1) is 12.6 Å². The van der Waals surface area contributed by atoms with Crippen LogP contribution in [0.4, 0.5) is 0 Å². The number of rotatable bonds is 5. The van der Waals surface area contributed by atoms with Crippen LogP contribution >= 0.6 is 0 Å². The molecular weight excluding hydrogens is 230 g/mol. The Morgan fingerprint density at radius 3 is 2.44 bits per heavy atom. The lowest BCUT2D eigenvalue weighted by molar-refractivity contribution is -0.134. The zero-order valence-corrected chi connectivity index (χ0v) is 11.5. The van der Waals surface area contributed by atoms with Crippen LogP contribution in [-0.2, 0) is 4.79 Å². The van der Waals surface area contributed by atoms with Gasteiger partial charge >= 0.3 is 0 Å². The minimum Gasteiger partial charge on any atom is -0.392 e. The second-order valence-electron chi connectivity index (χ2n) is 5.68. The van der Waals surface area contributed by atoms with Crippen molar-refractivity contribution in [2.24, 2.45) is 0 Å². The summed E-state index contributed by atoms with van der Waals surface area (Å²) < 4.78 is 0. The topological polar surface area (TPSA) is 47.0 Å². The van der Waals surface area contributed by atoms with Gasteiger partial charge in [-0.3, -0.25) is 14.6 Å². The molecule has 1 amide bonds. The van der Waals surface area contributed by atoms with Gasteiger partial charge in [-0.15, -0.1) is 0 Å². The van der Waals surface area contributed by atoms with E-state index < -0.39 is 0 Å². The number of hydrogen-bond acceptors (Lipinski definition) is 4. The predicted octanol–water partition coefficient (Wildman–Crippen LogP) is -0.394. The highest BCUT2D eigenvalue weighted by Crippen LogP contribution is 2.25. The molecule has 0 aromatic heterocycles. The number of piperazine rings is 1. The molecule has 2 aliphatic rings. The normalized spacial score (nSPS) is 23.4. The molecule has 2 fully saturated rings. The summed E-state index contributed by atoms with van der Waals surface area (Å²) in [6, 6.07) is 0.644. The third-order valence-corrected chi connectivity index (χ3v) is 3.80. The molecule has 1 N–H and O–H groups in total. The molecule has 0 spiro atoms. The van der Waals surface area contributed by atoms with Crippen LogP contribution in [0.3, 0.4) is 0 Å². The van der Waals surface area contributed by atoms with Gasteiger partial charge in [-0.1, -0.05) is 0 Å². The third-order valence-electron chi connectivity index (χ3n) is 3.80. The standard InChI is InChI=1S/C13H25N3O2/c1-11(17)9-15-5-7-16(8-6-15)13(18)10-14(2)12-3-4-12/h11-12,17H,3-10H2,1-2H3. The minimum absolute atomic E-state index is 0.251. The Morgan fingerprint density at radius 1 is 1.33 bits per heavy atom. The van der Waals surface area contributed by atoms with Crippen LogP contribution in [0.25, 0.3) is 0 Å². The summed E-state index contributed by atoms with van der Waals surface area (Å²) in [5.74, 6) is 0.251. The largest absolute Gasteiger partial charge is 0.392 e. The number of likely N-dealkylation sites (N-methyl/N-ethyl adjacent to an activating group) is 1. The lowest BCUT2D eigenvalue weighted by Crippen LogP contribution is -2.52. The van der Waals surface area contributed by atoms with E-state index in [0.717, 1.165) is 26.2 Å². The quantitative estimate of drug-likeness (QED) is 0.726. The van der Waals surface area contributed by atoms with Gasteiger partial charge in [0.1, 0.15) is 0 Å². The van der Waals surface area contributed by atoms with Gasteiger partial charge in [-0.25, -0.2) is 0 Å². The van der Waals surface area contributed by atoms with E-state index in [1.165, 1.54) is 12.8 Å². The van der Waals surface area contributed by atoms with Crippen molar-refractivity contribution in [3.05, 3.63) is 0 Å². The maximum Gasteiger partial charge on any atom is 0.236 e. The van der Waals surface area contributed by atoms with Crippen LogP contribution in [0.5, 0.6) is 0 Å². The Bertz CT molecular complexity index is 284. The first-order chi connectivity index (χ1) is 8.56. The molecule has 1 unspecified atom stereocenters. The fourth-order valence-corrected chi connectivity index (χ4v) is 2.51. The van der Waals surface area contributed by atoms with Crippen molar-refractivity contribution in [1.29, 1.82) is 0 Å². The van der Waals surface area contributed by atoms with Gasteiger partial charge in [-0.05, 0) is 26.8 Å². The molecular formula is C13H25N3O2. The molecule has 18 heavy (non-hydrogen) atoms. The van der Waals surface area contributed by atoms with E-state index in [4.69, 9.17) is 0 Å². The van der Waals surface area contributed by atoms with E-state index in [1.807, 2.05) is 18.9 Å². The third kappa shape index (κ3) is 3.93. The van der Waals surface area contributed by atoms with Crippen molar-refractivity contribution in [3.63, 3.8) is 0 Å². The molecule has 1 atom stereocenters. The van der Waals surface area contributed by atoms with Crippen molar-refractivity contribution < 1.29 is 9.90 Å². The van der Waals surface area contributed by atoms with Crippen LogP contribution in [0.2, 0.25) is 0 Å². The van der Waals surface area contributed by atoms with Crippen LogP contribution < -0.4 is 0 Å². The van der Waals surface area contributed by atoms with Crippen molar-refractivity contribution in [2.45, 2.75) is 31.9 Å². The van der Waals surface area contributed by atoms with Crippen molar-refractivity contribution in [1.82, 2.24) is 14.7 Å². The molecule has 1 saturated carbocycles. The van der Waals surface area contributed by atoms with Crippen LogP contribution in [0.15, 0.2) is 0 Å². The molecule has 0 radical (unpaired) electrons. The summed E-state index contributed by atoms with van der Waals surface area (Å²) in [5, 5.41) is 9.34. The fourth-order valence-electron chi connectivity index (χ4n) is 2.51. The van der Waals surface area contributed by atoms with E-state index >= 15 is 0 Å². The highest BCUT2D eigenvalue weighted by atomic mass is 16.3. The molecule has 1 aliphatic heterocycles. The maximum absolute atomic E-state index is 12.1. The van der Waals surface area contributed by atoms with Crippen molar-refractivity contribution in [2.75, 3.05) is 46.3 Å². The minimum atomic E-state index is -0.284. The van der Waals surface area contributed by atoms with Gasteiger partial charge in [0.15, 0.2) is 0 Å². The molecule has 2 rings (SSSR count). The van der Waals surface area contributed by atoms with Crippen molar-refractivity contribution in [3.8, 4) is 0 Å². The number of β-amino-alcohol motifs (C(OH)–C–C–N with tert-alkyl or cyclic N) is 1. The Morgan fingerprint density at radius 2 is 1.94 bits per heavy atom. The summed E-state index contributed by atoms with van der Waals surface area (Å²) in [7, 11) is 2.04. The number of hydrogen-bond donors (Lipinski definition) is 1. The molecule has 1 aliphatic carbocycles. The van der Waals surface area contributed by atoms with Gasteiger partial charge in [-0.2, -0.15) is 0 Å². The van der Waals surface area contributed by atoms with E-state index in [1.54, 1.807) is 0 Å². The number of aliphatic hydroxyl groups is 1. The highest BCUT2D eigenvalue weighted by molar-refractivity contribution is 5.78. The molecule has 5 nitrogen and oxygen atoms in total. The van der Waals surface area contributed by atoms with E-state index in [0.29, 0.717) is 19.1 Å². The van der Waals surface area contributed by atoms with E-state index in [9.17, 15) is 9.90 Å². The highest BCUT2D eigenvalue weighted by Gasteiger charge is 2.29. The molecule has 5 heteroatoms. The SMILES string of the molecule is CC(O)CN1CCN(C(=O)CN(C)C2CC2)CC1. The first-order valence-electron chi connectivity index (χ1n) is 6.94. The van der Waals surface area contributed by atoms with Gasteiger partial charge in [0, 0.05) is 38.8 Å². The zero-order valence-electron chi connectivity index (χ0n) is 11.5. The van der Waals surface area contributed by atoms with Gasteiger partial charge in [0.25, 0.3) is 0 Å². The monoisotopic (exact) mass is 255 g/mol. The Balaban J connectivity index is 1.69. The summed E-state index contributed by atoms with van der Waals surface area (Å²) in [4.78, 5) is 18.4. The average Bonchev–Trinajstić information content (AvgIpc) is 3.12. The van der Waals surface area contributed by atoms with Gasteiger partial charge < -0.3 is 10.0 Å². The molecule has 1 saturated heterocycles. The molecule has 0 bridgehead atoms. The molecule has 104 valence electrons. The fraction of sp³-hybridized carbons (Fsp3) is 0.923. The van der Waals surface area contributed by atoms with Gasteiger partial charge in [0.2, 0.25) is 5.91 Å². The summed E-state index contributed by atoms with van der Waals surface area (Å²) >= 11 is 0. The lowest BCUT2D eigenvalue weighted by Gasteiger charge is -2.36. The predicted molar refractivity (Wildman–Crippen MR) is 70.4 cm³/mol. The summed E-state index contributed by atoms with van der Waals surface area (Å²) in [6.07, 6.45) is 2.20. The lowest BCUT2D eigenvalue weighted by atomic mass is 10.2. The number of aliphatic hydroxyl groups excluding tert-OH is 1. The Kier molecular flexibility index (Phi) is 4.59. The van der Waals surface area contributed by atoms with E-state index in [-0.39, 0.29) is 12.0 Å². The zero-order chi connectivity index (χ0) is 13.1. The number of amides is 1. The first kappa shape index (κ1) is 13.8. The van der Waals surface area contributed by atoms with E-state index in [2.05, 4.69) is 9.80 Å². The number of carbonyl (C=O) groups excluding carboxylic acids is 1. The van der Waals surface area contributed by atoms with Crippen LogP contribution in [0, 0.1) is 0 Å². The summed E-state index contributed by atoms with van der Waals surface area (Å²) in [5.41, 5.74) is 0. The summed E-state index contributed by atoms with van der Waals surface area (Å²) in [6.45, 7) is 6.43. The maximum atomic E-state index is 12.1. The Labute approximate surface area is 109 Å². The van der Waals surface area contributed by atoms with Crippen LogP contribution in [0.1, 0.15) is 19.8 Å². The molecule has 0 aromatic rings. The molecule has 1 heterocycles. The smallest absolute Gasteiger partial charge is 0.236 e. The first-order valence-corrected chi connectivity index (χ1v) is 6.94. The number of nitrogens with zero attached hydrogens (tertiary/aromatic N) is 3. The second-order valence-corrected chi connectivity index (χ2v) is 5.68. The number of carbonyl (C=O) groups is 1. The van der Waals surface area contributed by atoms with Crippen molar-refractivity contribution >= 4 is 5.91 Å². The van der Waals surface area contributed by atoms with Crippen LogP contribution in [-0.4, -0.2) is 84.2 Å². The second kappa shape index (κ2) is 5.99. The average molecular weight is 255 g/mol. The Hall–Kier alpha value is -0.650.